The van der Waals surface area contributed by atoms with Crippen molar-refractivity contribution in [2.45, 2.75) is 30.7 Å². The largest absolute Gasteiger partial charge is 0.508 e. The Balaban J connectivity index is 1.73. The van der Waals surface area contributed by atoms with Gasteiger partial charge in [0.25, 0.3) is 0 Å². The minimum absolute atomic E-state index is 0.328. The molecule has 4 atom stereocenters. The molecule has 2 saturated heterocycles. The van der Waals surface area contributed by atoms with Gasteiger partial charge in [0.2, 0.25) is 0 Å². The van der Waals surface area contributed by atoms with Gasteiger partial charge in [0.15, 0.2) is 0 Å². The van der Waals surface area contributed by atoms with Gasteiger partial charge < -0.3 is 14.9 Å². The number of phenols is 1. The van der Waals surface area contributed by atoms with Crippen molar-refractivity contribution in [3.63, 3.8) is 0 Å². The summed E-state index contributed by atoms with van der Waals surface area (Å²) < 4.78 is 0. The summed E-state index contributed by atoms with van der Waals surface area (Å²) in [7, 11) is 4.57. The Labute approximate surface area is 126 Å². The van der Waals surface area contributed by atoms with Crippen molar-refractivity contribution >= 4 is 0 Å². The van der Waals surface area contributed by atoms with Gasteiger partial charge in [-0.15, -0.1) is 0 Å². The molecule has 0 amide bonds. The predicted octanol–water partition coefficient (Wildman–Crippen LogP) is 1.84. The van der Waals surface area contributed by atoms with Crippen molar-refractivity contribution in [3.8, 4) is 5.75 Å². The number of phenolic OH excluding ortho intramolecular Hbond substituents is 1. The van der Waals surface area contributed by atoms with Crippen LogP contribution in [0.5, 0.6) is 5.75 Å². The van der Waals surface area contributed by atoms with Gasteiger partial charge >= 0.3 is 0 Å². The van der Waals surface area contributed by atoms with Crippen LogP contribution in [-0.2, 0) is 11.8 Å². The van der Waals surface area contributed by atoms with Crippen LogP contribution in [0, 0.1) is 11.3 Å². The maximum absolute atomic E-state index is 10.0. The smallest absolute Gasteiger partial charge is 0.115 e. The van der Waals surface area contributed by atoms with E-state index in [-0.39, 0.29) is 0 Å². The zero-order valence-corrected chi connectivity index (χ0v) is 13.0. The average Bonchev–Trinajstić information content (AvgIpc) is 2.61. The number of benzene rings is 1. The number of fused-ring (bicyclic) bond motifs is 2. The first-order valence-electron chi connectivity index (χ1n) is 8.25. The number of nitrogens with zero attached hydrogens (tertiary/aromatic N) is 2. The van der Waals surface area contributed by atoms with E-state index in [0.717, 1.165) is 12.0 Å². The molecule has 2 spiro atoms. The first-order valence-corrected chi connectivity index (χ1v) is 8.25. The quantitative estimate of drug-likeness (QED) is 0.787. The van der Waals surface area contributed by atoms with Crippen molar-refractivity contribution in [2.75, 3.05) is 33.7 Å². The molecule has 3 heteroatoms. The van der Waals surface area contributed by atoms with Crippen molar-refractivity contribution in [1.29, 1.82) is 0 Å². The van der Waals surface area contributed by atoms with E-state index in [0.29, 0.717) is 16.6 Å². The van der Waals surface area contributed by atoms with Crippen LogP contribution in [-0.4, -0.2) is 54.7 Å². The normalized spacial score (nSPS) is 44.7. The summed E-state index contributed by atoms with van der Waals surface area (Å²) >= 11 is 0. The van der Waals surface area contributed by atoms with Gasteiger partial charge in [0, 0.05) is 30.0 Å². The van der Waals surface area contributed by atoms with Gasteiger partial charge in [-0.3, -0.25) is 0 Å². The lowest BCUT2D eigenvalue weighted by Gasteiger charge is -2.55. The fourth-order valence-corrected chi connectivity index (χ4v) is 6.58. The second-order valence-corrected chi connectivity index (χ2v) is 8.19. The number of aromatic hydroxyl groups is 1. The molecule has 4 aliphatic rings. The van der Waals surface area contributed by atoms with E-state index < -0.39 is 0 Å². The van der Waals surface area contributed by atoms with Crippen LogP contribution in [0.1, 0.15) is 24.0 Å². The number of rotatable bonds is 0. The molecular weight excluding hydrogens is 260 g/mol. The lowest BCUT2D eigenvalue weighted by atomic mass is 9.61. The van der Waals surface area contributed by atoms with Crippen molar-refractivity contribution in [3.05, 3.63) is 29.3 Å². The zero-order chi connectivity index (χ0) is 14.4. The summed E-state index contributed by atoms with van der Waals surface area (Å²) in [6, 6.07) is 6.92. The lowest BCUT2D eigenvalue weighted by molar-refractivity contribution is -0.0550. The molecule has 3 nitrogen and oxygen atoms in total. The molecule has 21 heavy (non-hydrogen) atoms. The van der Waals surface area contributed by atoms with E-state index >= 15 is 0 Å². The van der Waals surface area contributed by atoms with E-state index in [1.807, 2.05) is 6.07 Å². The van der Waals surface area contributed by atoms with Crippen LogP contribution in [0.2, 0.25) is 0 Å². The molecule has 1 aromatic carbocycles. The predicted molar refractivity (Wildman–Crippen MR) is 82.6 cm³/mol. The number of piperidine rings is 1. The molecule has 1 N–H and O–H groups in total. The maximum Gasteiger partial charge on any atom is 0.115 e. The van der Waals surface area contributed by atoms with Gasteiger partial charge in [0.05, 0.1) is 0 Å². The van der Waals surface area contributed by atoms with Crippen LogP contribution in [0.15, 0.2) is 18.2 Å². The van der Waals surface area contributed by atoms with Gasteiger partial charge in [0.1, 0.15) is 5.75 Å². The van der Waals surface area contributed by atoms with Crippen LogP contribution in [0.25, 0.3) is 0 Å². The van der Waals surface area contributed by atoms with Crippen LogP contribution in [0.3, 0.4) is 0 Å². The maximum atomic E-state index is 10.0. The second-order valence-electron chi connectivity index (χ2n) is 8.19. The highest BCUT2D eigenvalue weighted by Crippen LogP contribution is 2.68. The van der Waals surface area contributed by atoms with E-state index in [4.69, 9.17) is 0 Å². The number of likely N-dealkylation sites (tertiary alicyclic amines) is 2. The third-order valence-corrected chi connectivity index (χ3v) is 7.05. The minimum atomic E-state index is 0.328. The highest BCUT2D eigenvalue weighted by molar-refractivity contribution is 5.49. The van der Waals surface area contributed by atoms with Crippen LogP contribution < -0.4 is 0 Å². The third kappa shape index (κ3) is 1.33. The lowest BCUT2D eigenvalue weighted by Crippen LogP contribution is -2.64. The molecule has 0 aromatic heterocycles. The monoisotopic (exact) mass is 284 g/mol. The van der Waals surface area contributed by atoms with Gasteiger partial charge in [-0.05, 0) is 69.1 Å². The molecule has 1 saturated carbocycles. The minimum Gasteiger partial charge on any atom is -0.508 e. The first-order chi connectivity index (χ1) is 10.0. The Kier molecular flexibility index (Phi) is 2.16. The standard InChI is InChI=1S/C18H24N2O/c1-19-6-5-18-10-17(11-20(2)16(17)15(18)9-19)8-12-3-4-13(21)7-14(12)18/h3-4,7,15-16,21H,5-6,8-11H2,1-2H3/t15-,16?,17?,18?/m0/s1. The molecular formula is C18H24N2O. The van der Waals surface area contributed by atoms with Crippen LogP contribution in [0.4, 0.5) is 0 Å². The summed E-state index contributed by atoms with van der Waals surface area (Å²) in [5, 5.41) is 10.0. The zero-order valence-electron chi connectivity index (χ0n) is 13.0. The molecule has 5 rings (SSSR count). The Bertz CT molecular complexity index is 630. The van der Waals surface area contributed by atoms with Crippen molar-refractivity contribution in [2.24, 2.45) is 11.3 Å². The summed E-state index contributed by atoms with van der Waals surface area (Å²) in [5.74, 6) is 1.18. The average molecular weight is 284 g/mol. The van der Waals surface area contributed by atoms with Crippen LogP contribution >= 0.6 is 0 Å². The third-order valence-electron chi connectivity index (χ3n) is 7.05. The topological polar surface area (TPSA) is 26.7 Å². The Hall–Kier alpha value is -1.06. The van der Waals surface area contributed by atoms with E-state index in [9.17, 15) is 5.11 Å². The Morgan fingerprint density at radius 3 is 2.95 bits per heavy atom. The molecule has 0 radical (unpaired) electrons. The summed E-state index contributed by atoms with van der Waals surface area (Å²) in [6.07, 6.45) is 3.83. The highest BCUT2D eigenvalue weighted by Gasteiger charge is 2.70. The molecule has 1 aromatic rings. The molecule has 112 valence electrons. The summed E-state index contributed by atoms with van der Waals surface area (Å²) in [5.41, 5.74) is 3.85. The second kappa shape index (κ2) is 3.64. The fourth-order valence-electron chi connectivity index (χ4n) is 6.58. The molecule has 3 fully saturated rings. The number of hydrogen-bond acceptors (Lipinski definition) is 3. The molecule has 2 aliphatic heterocycles. The Morgan fingerprint density at radius 1 is 1.29 bits per heavy atom. The first kappa shape index (κ1) is 12.5. The molecule has 2 bridgehead atoms. The Morgan fingerprint density at radius 2 is 2.14 bits per heavy atom. The van der Waals surface area contributed by atoms with E-state index in [2.05, 4.69) is 36.0 Å². The van der Waals surface area contributed by atoms with Gasteiger partial charge in [-0.2, -0.15) is 0 Å². The highest BCUT2D eigenvalue weighted by atomic mass is 16.3. The van der Waals surface area contributed by atoms with Crippen molar-refractivity contribution in [1.82, 2.24) is 9.80 Å². The van der Waals surface area contributed by atoms with E-state index in [1.54, 1.807) is 0 Å². The SMILES string of the molecule is CN1CCC23CC4(Cc5ccc(O)cc52)CN(C)C4[C@@H]3C1. The molecule has 3 unspecified atom stereocenters. The summed E-state index contributed by atoms with van der Waals surface area (Å²) in [4.78, 5) is 5.11. The van der Waals surface area contributed by atoms with E-state index in [1.165, 1.54) is 50.0 Å². The fraction of sp³-hybridized carbons (Fsp3) is 0.667. The van der Waals surface area contributed by atoms with Gasteiger partial charge in [-0.25, -0.2) is 0 Å². The summed E-state index contributed by atoms with van der Waals surface area (Å²) in [6.45, 7) is 3.67. The van der Waals surface area contributed by atoms with Crippen molar-refractivity contribution < 1.29 is 5.11 Å². The number of hydrogen-bond donors (Lipinski definition) is 1. The molecule has 2 heterocycles. The molecule has 2 aliphatic carbocycles. The van der Waals surface area contributed by atoms with Gasteiger partial charge in [-0.1, -0.05) is 6.07 Å².